The highest BCUT2D eigenvalue weighted by atomic mass is 16.2. The quantitative estimate of drug-likeness (QED) is 0.886. The summed E-state index contributed by atoms with van der Waals surface area (Å²) in [7, 11) is 3.35. The van der Waals surface area contributed by atoms with Gasteiger partial charge >= 0.3 is 0 Å². The molecule has 0 fully saturated rings. The second-order valence-electron chi connectivity index (χ2n) is 6.20. The van der Waals surface area contributed by atoms with Crippen molar-refractivity contribution in [1.82, 2.24) is 9.88 Å². The molecule has 0 aliphatic heterocycles. The van der Waals surface area contributed by atoms with Gasteiger partial charge < -0.3 is 15.5 Å². The molecule has 1 aromatic heterocycles. The van der Waals surface area contributed by atoms with E-state index in [9.17, 15) is 9.59 Å². The lowest BCUT2D eigenvalue weighted by molar-refractivity contribution is -0.119. The molecule has 0 saturated heterocycles. The van der Waals surface area contributed by atoms with Gasteiger partial charge in [-0.15, -0.1) is 0 Å². The average molecular weight is 326 g/mol. The summed E-state index contributed by atoms with van der Waals surface area (Å²) in [6, 6.07) is 12.7. The molecule has 6 heteroatoms. The van der Waals surface area contributed by atoms with Gasteiger partial charge in [-0.2, -0.15) is 0 Å². The zero-order chi connectivity index (χ0) is 17.7. The number of carbonyl (C=O) groups is 2. The average Bonchev–Trinajstić information content (AvgIpc) is 2.54. The van der Waals surface area contributed by atoms with Crippen molar-refractivity contribution < 1.29 is 9.59 Å². The molecule has 0 aliphatic carbocycles. The normalized spacial score (nSPS) is 10.8. The largest absolute Gasteiger partial charge is 0.372 e. The molecule has 0 saturated carbocycles. The van der Waals surface area contributed by atoms with E-state index in [0.29, 0.717) is 11.4 Å². The summed E-state index contributed by atoms with van der Waals surface area (Å²) in [5, 5.41) is 5.93. The maximum atomic E-state index is 12.5. The fraction of sp³-hybridized carbons (Fsp3) is 0.278. The monoisotopic (exact) mass is 326 g/mol. The summed E-state index contributed by atoms with van der Waals surface area (Å²) < 4.78 is 0. The predicted octanol–water partition coefficient (Wildman–Crippen LogP) is 2.61. The smallest absolute Gasteiger partial charge is 0.253 e. The highest BCUT2D eigenvalue weighted by molar-refractivity contribution is 6.00. The van der Waals surface area contributed by atoms with E-state index < -0.39 is 5.54 Å². The molecule has 2 amide bonds. The maximum Gasteiger partial charge on any atom is 0.253 e. The van der Waals surface area contributed by atoms with Crippen molar-refractivity contribution >= 4 is 23.3 Å². The Balaban J connectivity index is 2.11. The minimum Gasteiger partial charge on any atom is -0.372 e. The second-order valence-corrected chi connectivity index (χ2v) is 6.20. The van der Waals surface area contributed by atoms with E-state index >= 15 is 0 Å². The van der Waals surface area contributed by atoms with Crippen LogP contribution in [-0.4, -0.2) is 41.3 Å². The van der Waals surface area contributed by atoms with Crippen LogP contribution >= 0.6 is 0 Å². The van der Waals surface area contributed by atoms with Crippen molar-refractivity contribution in [2.75, 3.05) is 24.7 Å². The van der Waals surface area contributed by atoms with Crippen molar-refractivity contribution in [1.29, 1.82) is 0 Å². The van der Waals surface area contributed by atoms with Crippen LogP contribution in [0, 0.1) is 0 Å². The van der Waals surface area contributed by atoms with Crippen LogP contribution in [0.2, 0.25) is 0 Å². The summed E-state index contributed by atoms with van der Waals surface area (Å²) in [4.78, 5) is 30.1. The lowest BCUT2D eigenvalue weighted by atomic mass is 10.0. The van der Waals surface area contributed by atoms with Gasteiger partial charge in [0.2, 0.25) is 0 Å². The van der Waals surface area contributed by atoms with Gasteiger partial charge in [-0.3, -0.25) is 9.59 Å². The number of carbonyl (C=O) groups excluding carboxylic acids is 2. The molecule has 2 aromatic rings. The predicted molar refractivity (Wildman–Crippen MR) is 95.0 cm³/mol. The molecule has 0 aliphatic rings. The van der Waals surface area contributed by atoms with E-state index in [-0.39, 0.29) is 11.8 Å². The van der Waals surface area contributed by atoms with Crippen LogP contribution in [0.1, 0.15) is 24.2 Å². The molecule has 24 heavy (non-hydrogen) atoms. The molecule has 2 N–H and O–H groups in total. The highest BCUT2D eigenvalue weighted by Crippen LogP contribution is 2.17. The number of aromatic nitrogens is 1. The maximum absolute atomic E-state index is 12.5. The third-order valence-corrected chi connectivity index (χ3v) is 3.45. The van der Waals surface area contributed by atoms with Gasteiger partial charge in [0.05, 0.1) is 0 Å². The number of rotatable bonds is 5. The number of nitrogens with one attached hydrogen (secondary N) is 2. The van der Waals surface area contributed by atoms with Gasteiger partial charge in [0.1, 0.15) is 11.4 Å². The highest BCUT2D eigenvalue weighted by Gasteiger charge is 2.27. The number of nitrogens with zero attached hydrogens (tertiary/aromatic N) is 2. The fourth-order valence-electron chi connectivity index (χ4n) is 2.10. The lowest BCUT2D eigenvalue weighted by Gasteiger charge is -2.26. The minimum atomic E-state index is -0.843. The van der Waals surface area contributed by atoms with Gasteiger partial charge in [0.15, 0.2) is 0 Å². The number of hydrogen-bond donors (Lipinski definition) is 2. The number of para-hydroxylation sites is 1. The molecule has 1 heterocycles. The third kappa shape index (κ3) is 4.32. The molecular formula is C18H22N4O2. The van der Waals surface area contributed by atoms with E-state index in [1.54, 1.807) is 40.1 Å². The third-order valence-electron chi connectivity index (χ3n) is 3.45. The number of pyridine rings is 1. The Morgan fingerprint density at radius 1 is 1.08 bits per heavy atom. The first kappa shape index (κ1) is 17.5. The van der Waals surface area contributed by atoms with Crippen molar-refractivity contribution in [3.63, 3.8) is 0 Å². The van der Waals surface area contributed by atoms with Crippen LogP contribution in [0.3, 0.4) is 0 Å². The van der Waals surface area contributed by atoms with Gasteiger partial charge in [0, 0.05) is 31.5 Å². The van der Waals surface area contributed by atoms with Crippen LogP contribution in [0.5, 0.6) is 0 Å². The number of hydrogen-bond acceptors (Lipinski definition) is 4. The van der Waals surface area contributed by atoms with E-state index in [1.807, 2.05) is 30.3 Å². The van der Waals surface area contributed by atoms with E-state index in [0.717, 1.165) is 5.69 Å². The molecule has 0 radical (unpaired) electrons. The molecule has 0 unspecified atom stereocenters. The molecule has 6 nitrogen and oxygen atoms in total. The molecule has 126 valence electrons. The Kier molecular flexibility index (Phi) is 5.18. The van der Waals surface area contributed by atoms with Crippen LogP contribution in [0.15, 0.2) is 48.7 Å². The van der Waals surface area contributed by atoms with Gasteiger partial charge in [-0.25, -0.2) is 4.98 Å². The van der Waals surface area contributed by atoms with E-state index in [4.69, 9.17) is 0 Å². The summed E-state index contributed by atoms with van der Waals surface area (Å²) in [5.41, 5.74) is 0.478. The van der Waals surface area contributed by atoms with Gasteiger partial charge in [-0.1, -0.05) is 18.2 Å². The number of amides is 2. The minimum absolute atomic E-state index is 0.144. The van der Waals surface area contributed by atoms with E-state index in [1.165, 1.54) is 11.1 Å². The van der Waals surface area contributed by atoms with Crippen molar-refractivity contribution in [3.05, 3.63) is 54.2 Å². The SMILES string of the molecule is CN(C)C(=O)c1ccnc(NC(=O)C(C)(C)Nc2ccccc2)c1. The summed E-state index contributed by atoms with van der Waals surface area (Å²) in [6.45, 7) is 3.56. The van der Waals surface area contributed by atoms with Crippen molar-refractivity contribution in [3.8, 4) is 0 Å². The van der Waals surface area contributed by atoms with Crippen LogP contribution in [-0.2, 0) is 4.79 Å². The summed E-state index contributed by atoms with van der Waals surface area (Å²) in [6.07, 6.45) is 1.50. The molecule has 0 spiro atoms. The number of anilines is 2. The van der Waals surface area contributed by atoms with Crippen LogP contribution in [0.25, 0.3) is 0 Å². The van der Waals surface area contributed by atoms with Crippen molar-refractivity contribution in [2.45, 2.75) is 19.4 Å². The Labute approximate surface area is 141 Å². The molecule has 2 rings (SSSR count). The first-order chi connectivity index (χ1) is 11.3. The molecule has 1 aromatic carbocycles. The van der Waals surface area contributed by atoms with Crippen molar-refractivity contribution in [2.24, 2.45) is 0 Å². The number of benzene rings is 1. The first-order valence-electron chi connectivity index (χ1n) is 7.62. The fourth-order valence-corrected chi connectivity index (χ4v) is 2.10. The zero-order valence-electron chi connectivity index (χ0n) is 14.3. The van der Waals surface area contributed by atoms with Crippen LogP contribution in [0.4, 0.5) is 11.5 Å². The Morgan fingerprint density at radius 2 is 1.75 bits per heavy atom. The second kappa shape index (κ2) is 7.12. The Morgan fingerprint density at radius 3 is 2.38 bits per heavy atom. The topological polar surface area (TPSA) is 74.3 Å². The molecule has 0 atom stereocenters. The summed E-state index contributed by atoms with van der Waals surface area (Å²) in [5.74, 6) is -0.0430. The Bertz CT molecular complexity index is 727. The zero-order valence-corrected chi connectivity index (χ0v) is 14.3. The lowest BCUT2D eigenvalue weighted by Crippen LogP contribution is -2.44. The first-order valence-corrected chi connectivity index (χ1v) is 7.62. The van der Waals surface area contributed by atoms with Gasteiger partial charge in [-0.05, 0) is 38.1 Å². The van der Waals surface area contributed by atoms with E-state index in [2.05, 4.69) is 15.6 Å². The molecular weight excluding hydrogens is 304 g/mol. The Hall–Kier alpha value is -2.89. The summed E-state index contributed by atoms with van der Waals surface area (Å²) >= 11 is 0. The standard InChI is InChI=1S/C18H22N4O2/c1-18(2,21-14-8-6-5-7-9-14)17(24)20-15-12-13(10-11-19-15)16(23)22(3)4/h5-12,21H,1-4H3,(H,19,20,24). The molecule has 0 bridgehead atoms. The van der Waals surface area contributed by atoms with Crippen LogP contribution < -0.4 is 10.6 Å². The van der Waals surface area contributed by atoms with Gasteiger partial charge in [0.25, 0.3) is 11.8 Å².